The molecule has 0 radical (unpaired) electrons. The summed E-state index contributed by atoms with van der Waals surface area (Å²) >= 11 is 1.47. The molecule has 2 aliphatic rings. The van der Waals surface area contributed by atoms with E-state index in [4.69, 9.17) is 10.5 Å². The zero-order valence-corrected chi connectivity index (χ0v) is 14.2. The number of piperidine rings is 1. The number of aliphatic hydroxyl groups is 2. The maximum atomic E-state index is 10.4. The minimum Gasteiger partial charge on any atom is -0.393 e. The van der Waals surface area contributed by atoms with E-state index in [1.54, 1.807) is 6.07 Å². The number of anilines is 2. The van der Waals surface area contributed by atoms with Gasteiger partial charge in [0.1, 0.15) is 11.6 Å². The summed E-state index contributed by atoms with van der Waals surface area (Å²) < 4.78 is 6.00. The fourth-order valence-corrected chi connectivity index (χ4v) is 3.86. The van der Waals surface area contributed by atoms with Gasteiger partial charge in [-0.25, -0.2) is 9.97 Å². The molecule has 23 heavy (non-hydrogen) atoms. The third-order valence-corrected chi connectivity index (χ3v) is 5.36. The highest BCUT2D eigenvalue weighted by atomic mass is 32.2. The number of nitrogens with two attached hydrogens (primary N) is 1. The molecule has 7 nitrogen and oxygen atoms in total. The van der Waals surface area contributed by atoms with Crippen LogP contribution >= 0.6 is 11.8 Å². The van der Waals surface area contributed by atoms with E-state index in [9.17, 15) is 10.2 Å². The van der Waals surface area contributed by atoms with Crippen molar-refractivity contribution in [3.63, 3.8) is 0 Å². The summed E-state index contributed by atoms with van der Waals surface area (Å²) in [4.78, 5) is 10.9. The van der Waals surface area contributed by atoms with Gasteiger partial charge in [-0.3, -0.25) is 0 Å². The molecule has 2 saturated heterocycles. The molecule has 0 saturated carbocycles. The second-order valence-corrected chi connectivity index (χ2v) is 7.24. The number of nitrogen functional groups attached to an aromatic ring is 1. The van der Waals surface area contributed by atoms with Crippen molar-refractivity contribution in [2.45, 2.75) is 42.0 Å². The highest BCUT2D eigenvalue weighted by Crippen LogP contribution is 2.40. The average Bonchev–Trinajstić information content (AvgIpc) is 2.55. The van der Waals surface area contributed by atoms with Gasteiger partial charge in [0, 0.05) is 32.0 Å². The van der Waals surface area contributed by atoms with Crippen molar-refractivity contribution >= 4 is 23.4 Å². The summed E-state index contributed by atoms with van der Waals surface area (Å²) in [7, 11) is 0. The molecule has 1 atom stereocenters. The lowest BCUT2D eigenvalue weighted by Crippen LogP contribution is -2.55. The first-order valence-electron chi connectivity index (χ1n) is 7.88. The molecule has 1 spiro atoms. The van der Waals surface area contributed by atoms with Crippen LogP contribution in [0.3, 0.4) is 0 Å². The van der Waals surface area contributed by atoms with Gasteiger partial charge in [-0.05, 0) is 19.1 Å². The van der Waals surface area contributed by atoms with E-state index < -0.39 is 5.60 Å². The van der Waals surface area contributed by atoms with E-state index in [-0.39, 0.29) is 12.2 Å². The lowest BCUT2D eigenvalue weighted by Gasteiger charge is -2.48. The molecule has 3 heterocycles. The van der Waals surface area contributed by atoms with Gasteiger partial charge in [0.25, 0.3) is 0 Å². The Kier molecular flexibility index (Phi) is 4.68. The minimum atomic E-state index is -1.01. The predicted octanol–water partition coefficient (Wildman–Crippen LogP) is 0.653. The number of aromatic nitrogens is 2. The van der Waals surface area contributed by atoms with Crippen LogP contribution in [-0.2, 0) is 4.74 Å². The van der Waals surface area contributed by atoms with Gasteiger partial charge in [0.05, 0.1) is 24.4 Å². The van der Waals surface area contributed by atoms with Crippen molar-refractivity contribution in [2.75, 3.05) is 43.2 Å². The Morgan fingerprint density at radius 3 is 2.74 bits per heavy atom. The van der Waals surface area contributed by atoms with E-state index >= 15 is 0 Å². The Balaban J connectivity index is 1.70. The average molecular weight is 340 g/mol. The second-order valence-electron chi connectivity index (χ2n) is 6.47. The van der Waals surface area contributed by atoms with Crippen molar-refractivity contribution in [2.24, 2.45) is 0 Å². The minimum absolute atomic E-state index is 0.207. The summed E-state index contributed by atoms with van der Waals surface area (Å²) in [5, 5.41) is 20.5. The van der Waals surface area contributed by atoms with Crippen molar-refractivity contribution in [3.8, 4) is 0 Å². The van der Waals surface area contributed by atoms with Gasteiger partial charge in [-0.1, -0.05) is 11.8 Å². The Morgan fingerprint density at radius 2 is 2.09 bits per heavy atom. The molecule has 1 unspecified atom stereocenters. The van der Waals surface area contributed by atoms with E-state index in [1.165, 1.54) is 11.8 Å². The number of thioether (sulfide) groups is 1. The van der Waals surface area contributed by atoms with Crippen LogP contribution in [0, 0.1) is 0 Å². The van der Waals surface area contributed by atoms with Crippen molar-refractivity contribution in [1.82, 2.24) is 9.97 Å². The van der Waals surface area contributed by atoms with Gasteiger partial charge in [0.15, 0.2) is 5.16 Å². The van der Waals surface area contributed by atoms with E-state index in [0.29, 0.717) is 30.4 Å². The van der Waals surface area contributed by atoms with Gasteiger partial charge in [-0.15, -0.1) is 0 Å². The molecule has 1 aromatic rings. The van der Waals surface area contributed by atoms with E-state index in [1.807, 2.05) is 6.26 Å². The molecule has 3 rings (SSSR count). The Morgan fingerprint density at radius 1 is 1.35 bits per heavy atom. The lowest BCUT2D eigenvalue weighted by atomic mass is 9.77. The fourth-order valence-electron chi connectivity index (χ4n) is 3.48. The molecule has 128 valence electrons. The number of ether oxygens (including phenoxy) is 1. The van der Waals surface area contributed by atoms with Gasteiger partial charge in [-0.2, -0.15) is 0 Å². The van der Waals surface area contributed by atoms with Crippen LogP contribution in [0.15, 0.2) is 11.2 Å². The van der Waals surface area contributed by atoms with Gasteiger partial charge in [0.2, 0.25) is 0 Å². The van der Waals surface area contributed by atoms with Gasteiger partial charge >= 0.3 is 0 Å². The van der Waals surface area contributed by atoms with Crippen LogP contribution < -0.4 is 10.6 Å². The zero-order chi connectivity index (χ0) is 16.5. The number of hydrogen-bond acceptors (Lipinski definition) is 8. The highest BCUT2D eigenvalue weighted by molar-refractivity contribution is 7.98. The van der Waals surface area contributed by atoms with Crippen LogP contribution in [0.2, 0.25) is 0 Å². The molecule has 1 aromatic heterocycles. The smallest absolute Gasteiger partial charge is 0.191 e. The Bertz CT molecular complexity index is 566. The quantitative estimate of drug-likeness (QED) is 0.544. The highest BCUT2D eigenvalue weighted by Gasteiger charge is 2.46. The SMILES string of the molecule is CSc1nc(N)cc(N2CCC3(CC2)CC(O)(CO)CCO3)n1. The number of rotatable bonds is 3. The molecule has 0 bridgehead atoms. The molecule has 4 N–H and O–H groups in total. The van der Waals surface area contributed by atoms with Gasteiger partial charge < -0.3 is 25.6 Å². The molecule has 8 heteroatoms. The first kappa shape index (κ1) is 16.8. The maximum absolute atomic E-state index is 10.4. The first-order valence-corrected chi connectivity index (χ1v) is 9.11. The zero-order valence-electron chi connectivity index (χ0n) is 13.4. The van der Waals surface area contributed by atoms with Crippen LogP contribution in [0.4, 0.5) is 11.6 Å². The molecule has 2 aliphatic heterocycles. The molecule has 0 aromatic carbocycles. The second kappa shape index (κ2) is 6.43. The number of nitrogens with zero attached hydrogens (tertiary/aromatic N) is 3. The summed E-state index contributed by atoms with van der Waals surface area (Å²) in [5.74, 6) is 1.31. The number of aliphatic hydroxyl groups excluding tert-OH is 1. The summed E-state index contributed by atoms with van der Waals surface area (Å²) in [6.45, 7) is 1.85. The fraction of sp³-hybridized carbons (Fsp3) is 0.733. The van der Waals surface area contributed by atoms with Crippen LogP contribution in [-0.4, -0.2) is 63.9 Å². The van der Waals surface area contributed by atoms with Crippen molar-refractivity contribution < 1.29 is 14.9 Å². The van der Waals surface area contributed by atoms with Crippen molar-refractivity contribution in [1.29, 1.82) is 0 Å². The van der Waals surface area contributed by atoms with Crippen LogP contribution in [0.25, 0.3) is 0 Å². The molecule has 2 fully saturated rings. The summed E-state index contributed by atoms with van der Waals surface area (Å²) in [6, 6.07) is 1.80. The number of hydrogen-bond donors (Lipinski definition) is 3. The molecular weight excluding hydrogens is 316 g/mol. The van der Waals surface area contributed by atoms with Crippen molar-refractivity contribution in [3.05, 3.63) is 6.07 Å². The third-order valence-electron chi connectivity index (χ3n) is 4.81. The lowest BCUT2D eigenvalue weighted by molar-refractivity contribution is -0.180. The monoisotopic (exact) mass is 340 g/mol. The third kappa shape index (κ3) is 3.55. The predicted molar refractivity (Wildman–Crippen MR) is 89.6 cm³/mol. The van der Waals surface area contributed by atoms with E-state index in [0.717, 1.165) is 31.7 Å². The summed E-state index contributed by atoms with van der Waals surface area (Å²) in [6.07, 6.45) is 4.51. The van der Waals surface area contributed by atoms with Crippen LogP contribution in [0.5, 0.6) is 0 Å². The molecule has 0 aliphatic carbocycles. The Hall–Kier alpha value is -1.09. The largest absolute Gasteiger partial charge is 0.393 e. The molecule has 0 amide bonds. The standard InChI is InChI=1S/C15H24N4O3S/c1-23-13-17-11(16)8-12(18-13)19-5-2-15(3-6-19)9-14(21,10-20)4-7-22-15/h8,20-21H,2-7,9-10H2,1H3,(H2,16,17,18). The summed E-state index contributed by atoms with van der Waals surface area (Å²) in [5.41, 5.74) is 4.51. The maximum Gasteiger partial charge on any atom is 0.191 e. The first-order chi connectivity index (χ1) is 11.0. The van der Waals surface area contributed by atoms with Crippen LogP contribution in [0.1, 0.15) is 25.7 Å². The van der Waals surface area contributed by atoms with E-state index in [2.05, 4.69) is 14.9 Å². The normalized spacial score (nSPS) is 27.3. The topological polar surface area (TPSA) is 105 Å². The Labute approximate surface area is 140 Å². The molecular formula is C15H24N4O3S.